The van der Waals surface area contributed by atoms with Crippen LogP contribution in [-0.4, -0.2) is 53.4 Å². The predicted octanol–water partition coefficient (Wildman–Crippen LogP) is -1.49. The lowest BCUT2D eigenvalue weighted by Gasteiger charge is -2.14. The topological polar surface area (TPSA) is 113 Å². The van der Waals surface area contributed by atoms with Crippen LogP contribution in [-0.2, 0) is 24.0 Å². The second-order valence-electron chi connectivity index (χ2n) is 4.59. The summed E-state index contributed by atoms with van der Waals surface area (Å²) in [6, 6.07) is -0.611. The van der Waals surface area contributed by atoms with E-state index in [2.05, 4.69) is 10.6 Å². The van der Waals surface area contributed by atoms with Crippen molar-refractivity contribution in [1.29, 1.82) is 0 Å². The smallest absolute Gasteiger partial charge is 0.253 e. The van der Waals surface area contributed by atoms with Gasteiger partial charge >= 0.3 is 0 Å². The van der Waals surface area contributed by atoms with Crippen molar-refractivity contribution in [1.82, 2.24) is 15.5 Å². The van der Waals surface area contributed by atoms with Crippen LogP contribution >= 0.6 is 0 Å². The van der Waals surface area contributed by atoms with Crippen molar-refractivity contribution >= 4 is 29.4 Å². The van der Waals surface area contributed by atoms with Gasteiger partial charge in [0.05, 0.1) is 12.6 Å². The number of rotatable bonds is 7. The van der Waals surface area contributed by atoms with Gasteiger partial charge in [0.15, 0.2) is 5.78 Å². The van der Waals surface area contributed by atoms with E-state index < -0.39 is 29.7 Å². The molecule has 1 aliphatic heterocycles. The van der Waals surface area contributed by atoms with E-state index in [0.29, 0.717) is 0 Å². The average molecular weight is 295 g/mol. The van der Waals surface area contributed by atoms with Crippen molar-refractivity contribution in [3.05, 3.63) is 12.2 Å². The summed E-state index contributed by atoms with van der Waals surface area (Å²) in [6.45, 7) is 2.58. The quantitative estimate of drug-likeness (QED) is 0.556. The first kappa shape index (κ1) is 16.5. The largest absolute Gasteiger partial charge is 0.347 e. The number of hydrogen-bond donors (Lipinski definition) is 2. The lowest BCUT2D eigenvalue weighted by molar-refractivity contribution is -0.137. The van der Waals surface area contributed by atoms with E-state index in [0.717, 1.165) is 17.1 Å². The molecule has 0 spiro atoms. The summed E-state index contributed by atoms with van der Waals surface area (Å²) < 4.78 is 0. The molecule has 1 aliphatic rings. The molecule has 114 valence electrons. The number of Topliss-reactive ketones (excluding diaryl/α,β-unsaturated/α-hetero) is 1. The maximum Gasteiger partial charge on any atom is 0.253 e. The van der Waals surface area contributed by atoms with E-state index in [1.165, 1.54) is 6.92 Å². The second kappa shape index (κ2) is 7.32. The Hall–Kier alpha value is -2.51. The van der Waals surface area contributed by atoms with Crippen molar-refractivity contribution in [3.63, 3.8) is 0 Å². The number of nitrogens with zero attached hydrogens (tertiary/aromatic N) is 1. The SMILES string of the molecule is CC(=O)C(C)NC(=O)CNC(=O)CCN1C(=O)C=CC1=O. The summed E-state index contributed by atoms with van der Waals surface area (Å²) in [4.78, 5) is 57.3. The van der Waals surface area contributed by atoms with Crippen molar-refractivity contribution in [2.75, 3.05) is 13.1 Å². The predicted molar refractivity (Wildman–Crippen MR) is 71.8 cm³/mol. The number of amides is 4. The summed E-state index contributed by atoms with van der Waals surface area (Å²) in [7, 11) is 0. The Morgan fingerprint density at radius 3 is 2.24 bits per heavy atom. The monoisotopic (exact) mass is 295 g/mol. The van der Waals surface area contributed by atoms with E-state index in [4.69, 9.17) is 0 Å². The molecule has 4 amide bonds. The molecule has 1 unspecified atom stereocenters. The molecule has 0 aromatic rings. The van der Waals surface area contributed by atoms with Crippen LogP contribution in [0.1, 0.15) is 20.3 Å². The lowest BCUT2D eigenvalue weighted by atomic mass is 10.2. The minimum absolute atomic E-state index is 0.0397. The molecular weight excluding hydrogens is 278 g/mol. The molecule has 8 heteroatoms. The maximum atomic E-state index is 11.5. The van der Waals surface area contributed by atoms with Crippen LogP contribution in [0, 0.1) is 0 Å². The highest BCUT2D eigenvalue weighted by atomic mass is 16.2. The lowest BCUT2D eigenvalue weighted by Crippen LogP contribution is -2.44. The van der Waals surface area contributed by atoms with Crippen LogP contribution in [0.25, 0.3) is 0 Å². The van der Waals surface area contributed by atoms with Crippen LogP contribution in [0.2, 0.25) is 0 Å². The molecule has 0 saturated carbocycles. The molecule has 8 nitrogen and oxygen atoms in total. The van der Waals surface area contributed by atoms with Gasteiger partial charge in [-0.25, -0.2) is 0 Å². The molecule has 1 rings (SSSR count). The highest BCUT2D eigenvalue weighted by Gasteiger charge is 2.23. The van der Waals surface area contributed by atoms with Gasteiger partial charge in [0.25, 0.3) is 11.8 Å². The van der Waals surface area contributed by atoms with Gasteiger partial charge in [0.2, 0.25) is 11.8 Å². The van der Waals surface area contributed by atoms with Crippen molar-refractivity contribution in [2.24, 2.45) is 0 Å². The van der Waals surface area contributed by atoms with Gasteiger partial charge in [0, 0.05) is 25.1 Å². The third-order valence-corrected chi connectivity index (χ3v) is 2.90. The number of nitrogens with one attached hydrogen (secondary N) is 2. The van der Waals surface area contributed by atoms with Gasteiger partial charge in [-0.15, -0.1) is 0 Å². The molecular formula is C13H17N3O5. The molecule has 0 fully saturated rings. The molecule has 0 aromatic carbocycles. The summed E-state index contributed by atoms with van der Waals surface area (Å²) in [5, 5.41) is 4.76. The van der Waals surface area contributed by atoms with Gasteiger partial charge in [-0.05, 0) is 13.8 Å². The first-order valence-corrected chi connectivity index (χ1v) is 6.41. The molecule has 21 heavy (non-hydrogen) atoms. The molecule has 0 aromatic heterocycles. The Kier molecular flexibility index (Phi) is 5.77. The molecule has 2 N–H and O–H groups in total. The standard InChI is InChI=1S/C13H17N3O5/c1-8(9(2)17)15-11(19)7-14-10(18)5-6-16-12(20)3-4-13(16)21/h3-4,8H,5-7H2,1-2H3,(H,14,18)(H,15,19). The van der Waals surface area contributed by atoms with Crippen LogP contribution < -0.4 is 10.6 Å². The highest BCUT2D eigenvalue weighted by Crippen LogP contribution is 2.03. The molecule has 0 radical (unpaired) electrons. The molecule has 0 saturated heterocycles. The Bertz CT molecular complexity index is 494. The number of carbonyl (C=O) groups excluding carboxylic acids is 5. The molecule has 0 bridgehead atoms. The van der Waals surface area contributed by atoms with E-state index in [-0.39, 0.29) is 25.3 Å². The fourth-order valence-corrected chi connectivity index (χ4v) is 1.53. The highest BCUT2D eigenvalue weighted by molar-refractivity contribution is 6.13. The van der Waals surface area contributed by atoms with Gasteiger partial charge < -0.3 is 10.6 Å². The Morgan fingerprint density at radius 1 is 1.14 bits per heavy atom. The number of carbonyl (C=O) groups is 5. The zero-order valence-corrected chi connectivity index (χ0v) is 11.8. The van der Waals surface area contributed by atoms with E-state index in [9.17, 15) is 24.0 Å². The minimum Gasteiger partial charge on any atom is -0.347 e. The summed E-state index contributed by atoms with van der Waals surface area (Å²) in [5.74, 6) is -2.05. The Morgan fingerprint density at radius 2 is 1.71 bits per heavy atom. The Labute approximate surface area is 121 Å². The zero-order chi connectivity index (χ0) is 16.0. The van der Waals surface area contributed by atoms with Crippen molar-refractivity contribution in [3.8, 4) is 0 Å². The third-order valence-electron chi connectivity index (χ3n) is 2.90. The normalized spacial score (nSPS) is 15.0. The summed E-state index contributed by atoms with van der Waals surface area (Å²) in [5.41, 5.74) is 0. The number of hydrogen-bond acceptors (Lipinski definition) is 5. The van der Waals surface area contributed by atoms with Crippen molar-refractivity contribution in [2.45, 2.75) is 26.3 Å². The van der Waals surface area contributed by atoms with Gasteiger partial charge in [-0.1, -0.05) is 0 Å². The fourth-order valence-electron chi connectivity index (χ4n) is 1.53. The van der Waals surface area contributed by atoms with Gasteiger partial charge in [-0.2, -0.15) is 0 Å². The third kappa shape index (κ3) is 5.17. The van der Waals surface area contributed by atoms with E-state index in [1.807, 2.05) is 0 Å². The van der Waals surface area contributed by atoms with Gasteiger partial charge in [-0.3, -0.25) is 28.9 Å². The first-order valence-electron chi connectivity index (χ1n) is 6.41. The minimum atomic E-state index is -0.611. The van der Waals surface area contributed by atoms with E-state index in [1.54, 1.807) is 6.92 Å². The van der Waals surface area contributed by atoms with Crippen LogP contribution in [0.15, 0.2) is 12.2 Å². The van der Waals surface area contributed by atoms with Crippen LogP contribution in [0.5, 0.6) is 0 Å². The van der Waals surface area contributed by atoms with Gasteiger partial charge in [0.1, 0.15) is 0 Å². The van der Waals surface area contributed by atoms with Crippen LogP contribution in [0.3, 0.4) is 0 Å². The number of ketones is 1. The molecule has 0 aliphatic carbocycles. The first-order chi connectivity index (χ1) is 9.81. The fraction of sp³-hybridized carbons (Fsp3) is 0.462. The summed E-state index contributed by atoms with van der Waals surface area (Å²) >= 11 is 0. The molecule has 1 atom stereocenters. The molecule has 1 heterocycles. The maximum absolute atomic E-state index is 11.5. The van der Waals surface area contributed by atoms with Crippen molar-refractivity contribution < 1.29 is 24.0 Å². The second-order valence-corrected chi connectivity index (χ2v) is 4.59. The van der Waals surface area contributed by atoms with E-state index >= 15 is 0 Å². The zero-order valence-electron chi connectivity index (χ0n) is 11.8. The average Bonchev–Trinajstić information content (AvgIpc) is 2.73. The van der Waals surface area contributed by atoms with Crippen LogP contribution in [0.4, 0.5) is 0 Å². The number of imide groups is 1. The summed E-state index contributed by atoms with van der Waals surface area (Å²) in [6.07, 6.45) is 2.18. The Balaban J connectivity index is 2.25.